The maximum absolute atomic E-state index is 10.0. The summed E-state index contributed by atoms with van der Waals surface area (Å²) in [6.07, 6.45) is -0.437. The molecule has 0 aliphatic carbocycles. The Morgan fingerprint density at radius 1 is 1.28 bits per heavy atom. The molecule has 0 amide bonds. The number of hydrogen-bond acceptors (Lipinski definition) is 3. The Bertz CT molecular complexity index is 349. The lowest BCUT2D eigenvalue weighted by Crippen LogP contribution is -2.56. The number of aliphatic hydroxyl groups is 1. The molecule has 1 heterocycles. The first kappa shape index (κ1) is 13.3. The molecule has 18 heavy (non-hydrogen) atoms. The summed E-state index contributed by atoms with van der Waals surface area (Å²) in [6.45, 7) is 4.55. The first-order valence-electron chi connectivity index (χ1n) is 6.45. The molecule has 1 aliphatic heterocycles. The molecule has 0 aromatic heterocycles. The number of rotatable bonds is 5. The van der Waals surface area contributed by atoms with Crippen LogP contribution in [0.15, 0.2) is 30.3 Å². The molecule has 1 N–H and O–H groups in total. The first-order valence-corrected chi connectivity index (χ1v) is 6.45. The van der Waals surface area contributed by atoms with E-state index in [4.69, 9.17) is 9.47 Å². The molecule has 0 saturated carbocycles. The van der Waals surface area contributed by atoms with Crippen LogP contribution in [-0.4, -0.2) is 62.2 Å². The average molecular weight is 252 g/mol. The zero-order valence-corrected chi connectivity index (χ0v) is 10.9. The van der Waals surface area contributed by atoms with Gasteiger partial charge in [-0.3, -0.25) is 0 Å². The molecule has 4 nitrogen and oxygen atoms in total. The van der Waals surface area contributed by atoms with Crippen molar-refractivity contribution in [3.05, 3.63) is 30.3 Å². The van der Waals surface area contributed by atoms with Crippen molar-refractivity contribution >= 4 is 0 Å². The molecule has 0 bridgehead atoms. The van der Waals surface area contributed by atoms with Crippen molar-refractivity contribution in [1.82, 2.24) is 0 Å². The monoisotopic (exact) mass is 252 g/mol. The third-order valence-electron chi connectivity index (χ3n) is 3.39. The molecule has 1 saturated heterocycles. The van der Waals surface area contributed by atoms with E-state index in [0.717, 1.165) is 43.1 Å². The van der Waals surface area contributed by atoms with Gasteiger partial charge in [0.1, 0.15) is 38.1 Å². The molecule has 0 radical (unpaired) electrons. The van der Waals surface area contributed by atoms with Crippen molar-refractivity contribution in [1.29, 1.82) is 0 Å². The smallest absolute Gasteiger partial charge is 0.137 e. The quantitative estimate of drug-likeness (QED) is 0.791. The van der Waals surface area contributed by atoms with Crippen molar-refractivity contribution in [3.63, 3.8) is 0 Å². The number of hydrogen-bond donors (Lipinski definition) is 1. The van der Waals surface area contributed by atoms with E-state index >= 15 is 0 Å². The lowest BCUT2D eigenvalue weighted by atomic mass is 10.2. The molecule has 100 valence electrons. The molecular formula is C14H22NO3+. The molecular weight excluding hydrogens is 230 g/mol. The zero-order valence-electron chi connectivity index (χ0n) is 10.9. The minimum atomic E-state index is -0.437. The van der Waals surface area contributed by atoms with E-state index in [1.807, 2.05) is 30.3 Å². The van der Waals surface area contributed by atoms with Crippen LogP contribution in [0.2, 0.25) is 0 Å². The van der Waals surface area contributed by atoms with E-state index in [1.54, 1.807) is 0 Å². The van der Waals surface area contributed by atoms with Gasteiger partial charge in [0.2, 0.25) is 0 Å². The Morgan fingerprint density at radius 2 is 1.94 bits per heavy atom. The van der Waals surface area contributed by atoms with Gasteiger partial charge in [-0.2, -0.15) is 0 Å². The van der Waals surface area contributed by atoms with Crippen molar-refractivity contribution < 1.29 is 19.1 Å². The molecule has 1 unspecified atom stereocenters. The summed E-state index contributed by atoms with van der Waals surface area (Å²) in [5, 5.41) is 10.0. The van der Waals surface area contributed by atoms with Crippen LogP contribution in [0.5, 0.6) is 5.75 Å². The molecule has 0 spiro atoms. The SMILES string of the molecule is C[N+]1(CC(O)COc2ccccc2)CCOCC1. The molecule has 1 aromatic carbocycles. The number of quaternary nitrogens is 1. The molecule has 1 fully saturated rings. The summed E-state index contributed by atoms with van der Waals surface area (Å²) in [6, 6.07) is 9.61. The maximum atomic E-state index is 10.0. The lowest BCUT2D eigenvalue weighted by Gasteiger charge is -2.38. The predicted octanol–water partition coefficient (Wildman–Crippen LogP) is 0.903. The standard InChI is InChI=1S/C14H22NO3/c1-15(7-9-17-10-8-15)11-13(16)12-18-14-5-3-2-4-6-14/h2-6,13,16H,7-12H2,1H3/q+1. The highest BCUT2D eigenvalue weighted by molar-refractivity contribution is 5.20. The van der Waals surface area contributed by atoms with Crippen LogP contribution in [0.3, 0.4) is 0 Å². The van der Waals surface area contributed by atoms with Crippen molar-refractivity contribution in [2.45, 2.75) is 6.10 Å². The minimum absolute atomic E-state index is 0.346. The Morgan fingerprint density at radius 3 is 2.61 bits per heavy atom. The topological polar surface area (TPSA) is 38.7 Å². The highest BCUT2D eigenvalue weighted by atomic mass is 16.5. The van der Waals surface area contributed by atoms with Crippen molar-refractivity contribution in [3.8, 4) is 5.75 Å². The lowest BCUT2D eigenvalue weighted by molar-refractivity contribution is -0.919. The second-order valence-corrected chi connectivity index (χ2v) is 5.14. The zero-order chi connectivity index (χ0) is 12.8. The summed E-state index contributed by atoms with van der Waals surface area (Å²) < 4.78 is 11.8. The van der Waals surface area contributed by atoms with Gasteiger partial charge < -0.3 is 19.1 Å². The van der Waals surface area contributed by atoms with Gasteiger partial charge in [0.15, 0.2) is 0 Å². The van der Waals surface area contributed by atoms with Gasteiger partial charge in [0.25, 0.3) is 0 Å². The van der Waals surface area contributed by atoms with E-state index < -0.39 is 6.10 Å². The van der Waals surface area contributed by atoms with Crippen LogP contribution in [0.25, 0.3) is 0 Å². The van der Waals surface area contributed by atoms with Crippen LogP contribution < -0.4 is 4.74 Å². The van der Waals surface area contributed by atoms with Crippen LogP contribution in [0.4, 0.5) is 0 Å². The second kappa shape index (κ2) is 6.18. The molecule has 1 aliphatic rings. The average Bonchev–Trinajstić information content (AvgIpc) is 2.38. The summed E-state index contributed by atoms with van der Waals surface area (Å²) in [5.41, 5.74) is 0. The van der Waals surface area contributed by atoms with Gasteiger partial charge in [-0.25, -0.2) is 0 Å². The fourth-order valence-corrected chi connectivity index (χ4v) is 2.24. The normalized spacial score (nSPS) is 20.3. The van der Waals surface area contributed by atoms with E-state index in [0.29, 0.717) is 6.61 Å². The van der Waals surface area contributed by atoms with Crippen LogP contribution >= 0.6 is 0 Å². The molecule has 1 atom stereocenters. The fraction of sp³-hybridized carbons (Fsp3) is 0.571. The Balaban J connectivity index is 1.76. The van der Waals surface area contributed by atoms with Crippen molar-refractivity contribution in [2.24, 2.45) is 0 Å². The maximum Gasteiger partial charge on any atom is 0.137 e. The van der Waals surface area contributed by atoms with Crippen molar-refractivity contribution in [2.75, 3.05) is 46.5 Å². The van der Waals surface area contributed by atoms with E-state index in [-0.39, 0.29) is 0 Å². The van der Waals surface area contributed by atoms with Crippen LogP contribution in [0.1, 0.15) is 0 Å². The third-order valence-corrected chi connectivity index (χ3v) is 3.39. The first-order chi connectivity index (χ1) is 8.68. The van der Waals surface area contributed by atoms with Crippen LogP contribution in [0, 0.1) is 0 Å². The van der Waals surface area contributed by atoms with Gasteiger partial charge in [-0.1, -0.05) is 18.2 Å². The number of nitrogens with zero attached hydrogens (tertiary/aromatic N) is 1. The number of ether oxygens (including phenoxy) is 2. The summed E-state index contributed by atoms with van der Waals surface area (Å²) in [5.74, 6) is 0.807. The number of benzene rings is 1. The van der Waals surface area contributed by atoms with Gasteiger partial charge in [0, 0.05) is 0 Å². The van der Waals surface area contributed by atoms with Gasteiger partial charge in [-0.15, -0.1) is 0 Å². The summed E-state index contributed by atoms with van der Waals surface area (Å²) >= 11 is 0. The third kappa shape index (κ3) is 3.98. The highest BCUT2D eigenvalue weighted by Crippen LogP contribution is 2.11. The highest BCUT2D eigenvalue weighted by Gasteiger charge is 2.28. The Hall–Kier alpha value is -1.10. The Labute approximate surface area is 108 Å². The minimum Gasteiger partial charge on any atom is -0.491 e. The van der Waals surface area contributed by atoms with Gasteiger partial charge >= 0.3 is 0 Å². The van der Waals surface area contributed by atoms with E-state index in [1.165, 1.54) is 0 Å². The van der Waals surface area contributed by atoms with Gasteiger partial charge in [-0.05, 0) is 12.1 Å². The van der Waals surface area contributed by atoms with E-state index in [2.05, 4.69) is 7.05 Å². The van der Waals surface area contributed by atoms with Gasteiger partial charge in [0.05, 0.1) is 20.3 Å². The summed E-state index contributed by atoms with van der Waals surface area (Å²) in [4.78, 5) is 0. The largest absolute Gasteiger partial charge is 0.491 e. The summed E-state index contributed by atoms with van der Waals surface area (Å²) in [7, 11) is 2.16. The predicted molar refractivity (Wildman–Crippen MR) is 69.5 cm³/mol. The number of para-hydroxylation sites is 1. The Kier molecular flexibility index (Phi) is 4.58. The molecule has 2 rings (SSSR count). The number of aliphatic hydroxyl groups excluding tert-OH is 1. The molecule has 4 heteroatoms. The number of morpholine rings is 1. The fourth-order valence-electron chi connectivity index (χ4n) is 2.24. The second-order valence-electron chi connectivity index (χ2n) is 5.14. The van der Waals surface area contributed by atoms with E-state index in [9.17, 15) is 5.11 Å². The number of likely N-dealkylation sites (N-methyl/N-ethyl adjacent to an activating group) is 1. The molecule has 1 aromatic rings. The van der Waals surface area contributed by atoms with Crippen LogP contribution in [-0.2, 0) is 4.74 Å².